The molecule has 0 aromatic heterocycles. The van der Waals surface area contributed by atoms with Crippen LogP contribution in [0.3, 0.4) is 0 Å². The summed E-state index contributed by atoms with van der Waals surface area (Å²) >= 11 is 0. The highest BCUT2D eigenvalue weighted by molar-refractivity contribution is 7.89. The van der Waals surface area contributed by atoms with E-state index in [-0.39, 0.29) is 56.2 Å². The Labute approximate surface area is 429 Å². The molecular formula is C48H92N8O14SSi. The van der Waals surface area contributed by atoms with E-state index >= 15 is 0 Å². The number of ether oxygens (including phenoxy) is 1. The molecule has 0 saturated carbocycles. The van der Waals surface area contributed by atoms with Crippen LogP contribution in [0.15, 0.2) is 0 Å². The maximum absolute atomic E-state index is 14.4. The van der Waals surface area contributed by atoms with Crippen molar-refractivity contribution in [2.45, 2.75) is 233 Å². The molecule has 0 fully saturated rings. The third kappa shape index (κ3) is 30.0. The van der Waals surface area contributed by atoms with Crippen LogP contribution in [-0.2, 0) is 48.3 Å². The molecule has 24 heteroatoms. The smallest absolute Gasteiger partial charge is 0.408 e. The lowest BCUT2D eigenvalue weighted by Crippen LogP contribution is -2.62. The van der Waals surface area contributed by atoms with Crippen molar-refractivity contribution in [3.63, 3.8) is 0 Å². The number of nitrogens with one attached hydrogen (secondary N) is 8. The van der Waals surface area contributed by atoms with Crippen molar-refractivity contribution in [2.24, 2.45) is 11.8 Å². The molecule has 0 saturated heterocycles. The number of aliphatic hydroxyl groups is 2. The summed E-state index contributed by atoms with van der Waals surface area (Å²) in [5, 5.41) is 48.2. The van der Waals surface area contributed by atoms with E-state index in [2.05, 4.69) is 48.9 Å². The fourth-order valence-electron chi connectivity index (χ4n) is 7.06. The summed E-state index contributed by atoms with van der Waals surface area (Å²) in [4.78, 5) is 107. The van der Waals surface area contributed by atoms with Crippen molar-refractivity contribution in [1.82, 2.24) is 41.9 Å². The van der Waals surface area contributed by atoms with Crippen molar-refractivity contribution >= 4 is 65.6 Å². The van der Waals surface area contributed by atoms with Gasteiger partial charge in [0.1, 0.15) is 47.9 Å². The highest BCUT2D eigenvalue weighted by atomic mass is 32.2. The first-order valence-corrected chi connectivity index (χ1v) is 30.8. The van der Waals surface area contributed by atoms with Crippen LogP contribution in [0.1, 0.15) is 147 Å². The van der Waals surface area contributed by atoms with Crippen LogP contribution in [0.5, 0.6) is 0 Å². The predicted molar refractivity (Wildman–Crippen MR) is 277 cm³/mol. The third-order valence-corrected chi connectivity index (χ3v) is 14.6. The SMILES string of the molecule is CCCCCCCC[C@@H](NC(=O)[C@@H](CC(C)C)NC(=O)[C@@H](NC(=O)[C@@H](CC(C)C)NC(=O)OC(C)(C)C)[C@@H](C)O)C(=O)N[C@@H](CCCNS(=O)(=O)CC[Si](C)(C)C)C(=O)N[C@H](C(=O)N[C@@H](C)C(=O)O)[C@@H](C)O. The van der Waals surface area contributed by atoms with E-state index in [1.807, 2.05) is 33.5 Å². The van der Waals surface area contributed by atoms with Crippen LogP contribution in [0.4, 0.5) is 4.79 Å². The lowest BCUT2D eigenvalue weighted by molar-refractivity contribution is -0.142. The summed E-state index contributed by atoms with van der Waals surface area (Å²) in [5.41, 5.74) is -0.869. The molecule has 0 unspecified atom stereocenters. The van der Waals surface area contributed by atoms with E-state index in [0.29, 0.717) is 18.9 Å². The van der Waals surface area contributed by atoms with Gasteiger partial charge in [-0.15, -0.1) is 0 Å². The van der Waals surface area contributed by atoms with E-state index in [0.717, 1.165) is 25.7 Å². The topological polar surface area (TPSA) is 337 Å². The molecule has 0 aromatic rings. The summed E-state index contributed by atoms with van der Waals surface area (Å²) in [6.07, 6.45) is 1.13. The van der Waals surface area contributed by atoms with Gasteiger partial charge in [0.05, 0.1) is 18.0 Å². The summed E-state index contributed by atoms with van der Waals surface area (Å²) in [6, 6.07) is -9.39. The number of aliphatic hydroxyl groups excluding tert-OH is 2. The number of aliphatic carboxylic acids is 1. The Hall–Kier alpha value is -4.39. The number of carbonyl (C=O) groups excluding carboxylic acids is 7. The van der Waals surface area contributed by atoms with E-state index < -0.39 is 126 Å². The van der Waals surface area contributed by atoms with Gasteiger partial charge in [-0.2, -0.15) is 0 Å². The van der Waals surface area contributed by atoms with Gasteiger partial charge in [-0.3, -0.25) is 33.6 Å². The first kappa shape index (κ1) is 67.6. The van der Waals surface area contributed by atoms with Crippen LogP contribution < -0.4 is 41.9 Å². The zero-order valence-corrected chi connectivity index (χ0v) is 47.3. The number of hydrogen-bond donors (Lipinski definition) is 11. The van der Waals surface area contributed by atoms with E-state index in [4.69, 9.17) is 4.74 Å². The lowest BCUT2D eigenvalue weighted by Gasteiger charge is -2.29. The van der Waals surface area contributed by atoms with Crippen LogP contribution in [0.2, 0.25) is 25.7 Å². The lowest BCUT2D eigenvalue weighted by atomic mass is 9.99. The molecule has 418 valence electrons. The fourth-order valence-corrected chi connectivity index (χ4v) is 11.2. The highest BCUT2D eigenvalue weighted by Gasteiger charge is 2.36. The molecule has 11 N–H and O–H groups in total. The largest absolute Gasteiger partial charge is 0.480 e. The second kappa shape index (κ2) is 32.7. The molecule has 0 radical (unpaired) electrons. The van der Waals surface area contributed by atoms with Crippen molar-refractivity contribution in [2.75, 3.05) is 12.3 Å². The molecule has 0 spiro atoms. The quantitative estimate of drug-likeness (QED) is 0.0321. The molecule has 0 heterocycles. The molecular weight excluding hydrogens is 973 g/mol. The van der Waals surface area contributed by atoms with Crippen molar-refractivity contribution in [3.05, 3.63) is 0 Å². The minimum Gasteiger partial charge on any atom is -0.480 e. The Bertz CT molecular complexity index is 1860. The minimum atomic E-state index is -3.69. The standard InChI is InChI=1S/C48H92N8O14SSi/c1-15-16-17-18-19-20-22-34(52-42(61)36(27-29(2)3)53-45(64)39(33(8)58)56-43(62)37(28-30(4)5)54-47(67)70-48(9,10)11)40(59)51-35(23-21-24-49-71(68,69)25-26-72(12,13)14)41(60)55-38(32(7)57)44(63)50-31(6)46(65)66/h29-39,49,57-58H,15-28H2,1-14H3,(H,50,63)(H,51,59)(H,52,61)(H,53,64)(H,54,67)(H,55,60)(H,56,62)(H,65,66)/t31-,32+,33+,34+,35-,36+,37+,38-,39-/m0/s1. The highest BCUT2D eigenvalue weighted by Crippen LogP contribution is 2.15. The Balaban J connectivity index is 6.89. The Morgan fingerprint density at radius 1 is 0.556 bits per heavy atom. The average molecular weight is 1070 g/mol. The second-order valence-corrected chi connectivity index (χ2v) is 29.4. The number of carbonyl (C=O) groups is 8. The van der Waals surface area contributed by atoms with Crippen molar-refractivity contribution < 1.29 is 66.8 Å². The fraction of sp³-hybridized carbons (Fsp3) is 0.833. The molecule has 0 aliphatic heterocycles. The number of rotatable bonds is 35. The number of alkyl carbamates (subject to hydrolysis) is 1. The normalized spacial score (nSPS) is 15.9. The molecule has 0 aromatic carbocycles. The monoisotopic (exact) mass is 1060 g/mol. The van der Waals surface area contributed by atoms with Crippen LogP contribution in [0.25, 0.3) is 0 Å². The zero-order chi connectivity index (χ0) is 55.7. The van der Waals surface area contributed by atoms with Gasteiger partial charge in [0, 0.05) is 14.6 Å². The van der Waals surface area contributed by atoms with Gasteiger partial charge >= 0.3 is 12.1 Å². The Morgan fingerprint density at radius 3 is 1.40 bits per heavy atom. The maximum Gasteiger partial charge on any atom is 0.408 e. The van der Waals surface area contributed by atoms with Crippen LogP contribution in [0, 0.1) is 11.8 Å². The average Bonchev–Trinajstić information content (AvgIpc) is 3.23. The summed E-state index contributed by atoms with van der Waals surface area (Å²) in [5.74, 6) is -7.11. The number of carboxylic acid groups (broad SMARTS) is 1. The van der Waals surface area contributed by atoms with E-state index in [9.17, 15) is 62.1 Å². The molecule has 0 aliphatic rings. The first-order valence-electron chi connectivity index (χ1n) is 25.5. The van der Waals surface area contributed by atoms with Gasteiger partial charge in [-0.1, -0.05) is 92.8 Å². The van der Waals surface area contributed by atoms with Crippen LogP contribution in [-0.4, -0.2) is 152 Å². The Morgan fingerprint density at radius 2 is 0.958 bits per heavy atom. The molecule has 7 amide bonds. The summed E-state index contributed by atoms with van der Waals surface area (Å²) < 4.78 is 33.5. The van der Waals surface area contributed by atoms with Gasteiger partial charge in [-0.05, 0) is 91.5 Å². The molecule has 0 rings (SSSR count). The number of unbranched alkanes of at least 4 members (excludes halogenated alkanes) is 5. The molecule has 22 nitrogen and oxygen atoms in total. The maximum atomic E-state index is 14.4. The first-order chi connectivity index (χ1) is 33.1. The minimum absolute atomic E-state index is 0.0132. The van der Waals surface area contributed by atoms with Gasteiger partial charge in [0.2, 0.25) is 45.5 Å². The number of hydrogen-bond acceptors (Lipinski definition) is 13. The van der Waals surface area contributed by atoms with E-state index in [1.165, 1.54) is 20.8 Å². The van der Waals surface area contributed by atoms with Crippen molar-refractivity contribution in [3.8, 4) is 0 Å². The van der Waals surface area contributed by atoms with Gasteiger partial charge in [0.25, 0.3) is 0 Å². The van der Waals surface area contributed by atoms with Gasteiger partial charge in [-0.25, -0.2) is 17.9 Å². The third-order valence-electron chi connectivity index (χ3n) is 11.1. The zero-order valence-electron chi connectivity index (χ0n) is 45.5. The number of sulfonamides is 1. The summed E-state index contributed by atoms with van der Waals surface area (Å²) in [7, 11) is -5.40. The van der Waals surface area contributed by atoms with Crippen molar-refractivity contribution in [1.29, 1.82) is 0 Å². The molecule has 0 aliphatic carbocycles. The number of carboxylic acids is 1. The van der Waals surface area contributed by atoms with Gasteiger partial charge in [0.15, 0.2) is 0 Å². The molecule has 9 atom stereocenters. The van der Waals surface area contributed by atoms with Gasteiger partial charge < -0.3 is 57.3 Å². The number of amides is 7. The van der Waals surface area contributed by atoms with E-state index in [1.54, 1.807) is 34.6 Å². The molecule has 0 bridgehead atoms. The second-order valence-electron chi connectivity index (χ2n) is 21.9. The Kier molecular flexibility index (Phi) is 30.7. The summed E-state index contributed by atoms with van der Waals surface area (Å²) in [6.45, 7) is 23.9. The predicted octanol–water partition coefficient (Wildman–Crippen LogP) is 2.54. The molecule has 72 heavy (non-hydrogen) atoms. The van der Waals surface area contributed by atoms with Crippen LogP contribution >= 0.6 is 0 Å².